The summed E-state index contributed by atoms with van der Waals surface area (Å²) < 4.78 is 0. The lowest BCUT2D eigenvalue weighted by molar-refractivity contribution is -0.484. The van der Waals surface area contributed by atoms with Crippen LogP contribution < -0.4 is 11.2 Å². The Kier molecular flexibility index (Phi) is 4.78. The number of nitrogens with two attached hydrogens (primary N) is 1. The van der Waals surface area contributed by atoms with E-state index in [0.717, 1.165) is 25.9 Å². The first-order valence-corrected chi connectivity index (χ1v) is 5.07. The van der Waals surface area contributed by atoms with E-state index in [1.54, 1.807) is 0 Å². The first-order chi connectivity index (χ1) is 6.68. The topological polar surface area (TPSA) is 84.4 Å². The molecule has 0 amide bonds. The predicted octanol–water partition coefficient (Wildman–Crippen LogP) is -0.0715. The van der Waals surface area contributed by atoms with Crippen molar-refractivity contribution in [3.05, 3.63) is 10.1 Å². The van der Waals surface area contributed by atoms with Gasteiger partial charge in [0.05, 0.1) is 0 Å². The first kappa shape index (κ1) is 11.4. The Morgan fingerprint density at radius 3 is 2.43 bits per heavy atom. The molecule has 6 heteroatoms. The molecule has 1 atom stereocenters. The van der Waals surface area contributed by atoms with Crippen LogP contribution in [0.1, 0.15) is 25.7 Å². The van der Waals surface area contributed by atoms with Gasteiger partial charge in [0.1, 0.15) is 6.17 Å². The van der Waals surface area contributed by atoms with Crippen LogP contribution in [0.25, 0.3) is 0 Å². The minimum absolute atomic E-state index is 0.226. The van der Waals surface area contributed by atoms with Crippen LogP contribution in [0.3, 0.4) is 0 Å². The largest absolute Gasteiger partial charge is 0.309 e. The van der Waals surface area contributed by atoms with Gasteiger partial charge in [0.15, 0.2) is 0 Å². The summed E-state index contributed by atoms with van der Waals surface area (Å²) in [5.74, 6) is 0. The van der Waals surface area contributed by atoms with Crippen molar-refractivity contribution in [3.8, 4) is 0 Å². The fourth-order valence-electron chi connectivity index (χ4n) is 1.64. The van der Waals surface area contributed by atoms with Gasteiger partial charge in [-0.1, -0.05) is 12.8 Å². The lowest BCUT2D eigenvalue weighted by atomic mass is 10.2. The number of nitrogens with zero attached hydrogens (tertiary/aromatic N) is 2. The molecule has 0 aromatic heterocycles. The second-order valence-corrected chi connectivity index (χ2v) is 3.65. The van der Waals surface area contributed by atoms with Gasteiger partial charge >= 0.3 is 0 Å². The lowest BCUT2D eigenvalue weighted by Gasteiger charge is -2.23. The van der Waals surface area contributed by atoms with Gasteiger partial charge in [0, 0.05) is 18.0 Å². The van der Waals surface area contributed by atoms with Gasteiger partial charge in [0.2, 0.25) is 6.54 Å². The number of rotatable bonds is 4. The maximum Gasteiger partial charge on any atom is 0.232 e. The van der Waals surface area contributed by atoms with Crippen molar-refractivity contribution in [2.45, 2.75) is 31.8 Å². The normalized spacial score (nSPS) is 21.5. The van der Waals surface area contributed by atoms with Crippen molar-refractivity contribution < 1.29 is 4.92 Å². The number of hydrogen-bond donors (Lipinski definition) is 2. The molecule has 1 unspecified atom stereocenters. The van der Waals surface area contributed by atoms with Gasteiger partial charge in [-0.15, -0.1) is 0 Å². The van der Waals surface area contributed by atoms with Gasteiger partial charge in [0.25, 0.3) is 0 Å². The molecule has 0 radical (unpaired) electrons. The Morgan fingerprint density at radius 1 is 1.36 bits per heavy atom. The minimum atomic E-state index is -0.567. The van der Waals surface area contributed by atoms with Crippen LogP contribution in [0, 0.1) is 10.1 Å². The molecule has 1 aliphatic heterocycles. The molecule has 0 aliphatic carbocycles. The van der Waals surface area contributed by atoms with Crippen LogP contribution in [0.15, 0.2) is 0 Å². The molecular formula is C8H18N4O2. The zero-order valence-electron chi connectivity index (χ0n) is 8.32. The van der Waals surface area contributed by atoms with E-state index in [1.807, 2.05) is 5.01 Å². The van der Waals surface area contributed by atoms with Crippen LogP contribution >= 0.6 is 0 Å². The molecule has 14 heavy (non-hydrogen) atoms. The molecule has 1 aliphatic rings. The summed E-state index contributed by atoms with van der Waals surface area (Å²) in [4.78, 5) is 9.79. The van der Waals surface area contributed by atoms with Crippen molar-refractivity contribution in [3.63, 3.8) is 0 Å². The maximum atomic E-state index is 10.2. The number of nitrogens with one attached hydrogen (secondary N) is 1. The third-order valence-corrected chi connectivity index (χ3v) is 2.30. The molecule has 1 saturated heterocycles. The molecule has 1 rings (SSSR count). The van der Waals surface area contributed by atoms with Crippen LogP contribution in [0.5, 0.6) is 0 Å². The van der Waals surface area contributed by atoms with E-state index in [9.17, 15) is 10.1 Å². The fraction of sp³-hybridized carbons (Fsp3) is 1.00. The third kappa shape index (κ3) is 4.50. The highest BCUT2D eigenvalue weighted by atomic mass is 16.6. The van der Waals surface area contributed by atoms with Crippen molar-refractivity contribution in [2.75, 3.05) is 19.6 Å². The smallest absolute Gasteiger partial charge is 0.232 e. The van der Waals surface area contributed by atoms with E-state index in [4.69, 9.17) is 5.73 Å². The van der Waals surface area contributed by atoms with Crippen molar-refractivity contribution >= 4 is 0 Å². The molecule has 3 N–H and O–H groups in total. The standard InChI is InChI=1S/C8H18N4O2/c9-8(7-12(13)14)10-11-5-3-1-2-4-6-11/h8,10H,1-7,9H2. The Balaban J connectivity index is 2.23. The van der Waals surface area contributed by atoms with E-state index in [1.165, 1.54) is 12.8 Å². The highest BCUT2D eigenvalue weighted by Crippen LogP contribution is 2.07. The summed E-state index contributed by atoms with van der Waals surface area (Å²) >= 11 is 0. The third-order valence-electron chi connectivity index (χ3n) is 2.30. The summed E-state index contributed by atoms with van der Waals surface area (Å²) in [6.45, 7) is 1.65. The van der Waals surface area contributed by atoms with Crippen molar-refractivity contribution in [1.29, 1.82) is 0 Å². The number of nitro groups is 1. The molecular weight excluding hydrogens is 184 g/mol. The van der Waals surface area contributed by atoms with Gasteiger partial charge in [-0.3, -0.25) is 10.1 Å². The SMILES string of the molecule is NC(C[N+](=O)[O-])NN1CCCCCC1. The fourth-order valence-corrected chi connectivity index (χ4v) is 1.64. The second-order valence-electron chi connectivity index (χ2n) is 3.65. The van der Waals surface area contributed by atoms with Crippen LogP contribution in [0.2, 0.25) is 0 Å². The van der Waals surface area contributed by atoms with Gasteiger partial charge in [-0.05, 0) is 12.8 Å². The summed E-state index contributed by atoms with van der Waals surface area (Å²) in [7, 11) is 0. The van der Waals surface area contributed by atoms with Gasteiger partial charge < -0.3 is 5.73 Å². The molecule has 6 nitrogen and oxygen atoms in total. The highest BCUT2D eigenvalue weighted by molar-refractivity contribution is 4.62. The lowest BCUT2D eigenvalue weighted by Crippen LogP contribution is -2.52. The Hall–Kier alpha value is -0.720. The number of hydrogen-bond acceptors (Lipinski definition) is 5. The molecule has 0 spiro atoms. The second kappa shape index (κ2) is 5.90. The Morgan fingerprint density at radius 2 is 1.93 bits per heavy atom. The molecule has 1 heterocycles. The van der Waals surface area contributed by atoms with Gasteiger partial charge in [-0.25, -0.2) is 10.4 Å². The average molecular weight is 202 g/mol. The Bertz CT molecular complexity index is 180. The van der Waals surface area contributed by atoms with Crippen LogP contribution in [0.4, 0.5) is 0 Å². The van der Waals surface area contributed by atoms with Crippen LogP contribution in [-0.2, 0) is 0 Å². The Labute approximate surface area is 83.6 Å². The number of hydrazine groups is 1. The molecule has 0 saturated carbocycles. The minimum Gasteiger partial charge on any atom is -0.309 e. The van der Waals surface area contributed by atoms with E-state index < -0.39 is 11.1 Å². The van der Waals surface area contributed by atoms with Crippen molar-refractivity contribution in [1.82, 2.24) is 10.4 Å². The highest BCUT2D eigenvalue weighted by Gasteiger charge is 2.14. The molecule has 1 fully saturated rings. The quantitative estimate of drug-likeness (QED) is 0.378. The monoisotopic (exact) mass is 202 g/mol. The summed E-state index contributed by atoms with van der Waals surface area (Å²) in [6.07, 6.45) is 4.19. The van der Waals surface area contributed by atoms with E-state index in [0.29, 0.717) is 0 Å². The molecule has 0 aromatic carbocycles. The van der Waals surface area contributed by atoms with Crippen molar-refractivity contribution in [2.24, 2.45) is 5.73 Å². The summed E-state index contributed by atoms with van der Waals surface area (Å²) in [5.41, 5.74) is 8.52. The summed E-state index contributed by atoms with van der Waals surface area (Å²) in [6, 6.07) is 0. The van der Waals surface area contributed by atoms with E-state index in [2.05, 4.69) is 5.43 Å². The van der Waals surface area contributed by atoms with Gasteiger partial charge in [-0.2, -0.15) is 0 Å². The predicted molar refractivity (Wildman–Crippen MR) is 53.0 cm³/mol. The zero-order chi connectivity index (χ0) is 10.4. The zero-order valence-corrected chi connectivity index (χ0v) is 8.32. The van der Waals surface area contributed by atoms with Crippen LogP contribution in [-0.4, -0.2) is 35.7 Å². The average Bonchev–Trinajstić information content (AvgIpc) is 2.31. The van der Waals surface area contributed by atoms with E-state index >= 15 is 0 Å². The molecule has 82 valence electrons. The maximum absolute atomic E-state index is 10.2. The molecule has 0 aromatic rings. The van der Waals surface area contributed by atoms with E-state index in [-0.39, 0.29) is 6.54 Å². The molecule has 0 bridgehead atoms. The first-order valence-electron chi connectivity index (χ1n) is 5.07. The summed E-state index contributed by atoms with van der Waals surface area (Å²) in [5, 5.41) is 12.2.